The fourth-order valence-electron chi connectivity index (χ4n) is 3.40. The van der Waals surface area contributed by atoms with E-state index in [-0.39, 0.29) is 11.8 Å². The minimum absolute atomic E-state index is 0.299. The Bertz CT molecular complexity index is 1020. The van der Waals surface area contributed by atoms with Gasteiger partial charge in [-0.25, -0.2) is 4.79 Å². The summed E-state index contributed by atoms with van der Waals surface area (Å²) in [6.45, 7) is 5.30. The molecule has 0 atom stereocenters. The van der Waals surface area contributed by atoms with Crippen LogP contribution in [0.1, 0.15) is 32.3 Å². The molecule has 0 spiro atoms. The number of alkyl halides is 3. The molecule has 0 radical (unpaired) electrons. The van der Waals surface area contributed by atoms with Crippen molar-refractivity contribution in [2.24, 2.45) is 5.92 Å². The highest BCUT2D eigenvalue weighted by Crippen LogP contribution is 2.25. The fourth-order valence-corrected chi connectivity index (χ4v) is 3.40. The molecule has 3 aromatic rings. The van der Waals surface area contributed by atoms with Crippen LogP contribution < -0.4 is 4.74 Å². The normalized spacial score (nSPS) is 11.6. The standard InChI is InChI=1S/C23H26F3N5O2/c1-3-17(4-2)15-30(14-11-18-9-12-27-13-10-18)22(32)31-16-21(28-29-31)19-5-7-20(8-6-19)33-23(24,25)26/h5-10,12-13,16-17H,3-4,11,14-15H2,1-2H3. The zero-order valence-electron chi connectivity index (χ0n) is 18.5. The monoisotopic (exact) mass is 461 g/mol. The third-order valence-electron chi connectivity index (χ3n) is 5.40. The molecule has 0 aliphatic heterocycles. The summed E-state index contributed by atoms with van der Waals surface area (Å²) in [4.78, 5) is 19.0. The second-order valence-corrected chi connectivity index (χ2v) is 7.64. The molecule has 0 unspecified atom stereocenters. The number of nitrogens with zero attached hydrogens (tertiary/aromatic N) is 5. The summed E-state index contributed by atoms with van der Waals surface area (Å²) in [5, 5.41) is 7.99. The van der Waals surface area contributed by atoms with Crippen LogP contribution in [0.5, 0.6) is 5.75 Å². The molecule has 0 saturated carbocycles. The Kier molecular flexibility index (Phi) is 8.02. The van der Waals surface area contributed by atoms with E-state index in [4.69, 9.17) is 0 Å². The molecule has 0 saturated heterocycles. The van der Waals surface area contributed by atoms with Crippen LogP contribution in [0, 0.1) is 5.92 Å². The Hall–Kier alpha value is -3.43. The number of hydrogen-bond acceptors (Lipinski definition) is 5. The van der Waals surface area contributed by atoms with Gasteiger partial charge in [0.2, 0.25) is 0 Å². The van der Waals surface area contributed by atoms with Gasteiger partial charge in [0.25, 0.3) is 0 Å². The molecular formula is C23H26F3N5O2. The Balaban J connectivity index is 1.74. The third-order valence-corrected chi connectivity index (χ3v) is 5.40. The molecule has 0 aliphatic carbocycles. The van der Waals surface area contributed by atoms with Crippen molar-refractivity contribution in [3.05, 3.63) is 60.6 Å². The Morgan fingerprint density at radius 2 is 1.76 bits per heavy atom. The third kappa shape index (κ3) is 7.03. The van der Waals surface area contributed by atoms with Gasteiger partial charge >= 0.3 is 12.4 Å². The predicted octanol–water partition coefficient (Wildman–Crippen LogP) is 5.19. The van der Waals surface area contributed by atoms with Crippen molar-refractivity contribution in [3.8, 4) is 17.0 Å². The summed E-state index contributed by atoms with van der Waals surface area (Å²) in [5.74, 6) is 0.0257. The van der Waals surface area contributed by atoms with Crippen molar-refractivity contribution in [2.45, 2.75) is 39.5 Å². The first-order valence-corrected chi connectivity index (χ1v) is 10.8. The van der Waals surface area contributed by atoms with E-state index >= 15 is 0 Å². The lowest BCUT2D eigenvalue weighted by atomic mass is 10.0. The van der Waals surface area contributed by atoms with Crippen LogP contribution in [-0.2, 0) is 6.42 Å². The first-order chi connectivity index (χ1) is 15.8. The van der Waals surface area contributed by atoms with E-state index in [1.165, 1.54) is 35.1 Å². The number of pyridine rings is 1. The highest BCUT2D eigenvalue weighted by atomic mass is 19.4. The van der Waals surface area contributed by atoms with Crippen LogP contribution in [0.4, 0.5) is 18.0 Å². The van der Waals surface area contributed by atoms with Gasteiger partial charge in [-0.05, 0) is 54.3 Å². The van der Waals surface area contributed by atoms with E-state index in [0.29, 0.717) is 36.7 Å². The molecule has 33 heavy (non-hydrogen) atoms. The molecule has 3 rings (SSSR count). The van der Waals surface area contributed by atoms with Crippen LogP contribution in [-0.4, -0.2) is 50.4 Å². The minimum atomic E-state index is -4.76. The number of carbonyl (C=O) groups is 1. The van der Waals surface area contributed by atoms with Gasteiger partial charge in [0.15, 0.2) is 0 Å². The van der Waals surface area contributed by atoms with Gasteiger partial charge in [-0.2, -0.15) is 4.68 Å². The number of ether oxygens (including phenoxy) is 1. The molecule has 0 N–H and O–H groups in total. The van der Waals surface area contributed by atoms with Gasteiger partial charge in [-0.3, -0.25) is 4.98 Å². The van der Waals surface area contributed by atoms with E-state index < -0.39 is 6.36 Å². The smallest absolute Gasteiger partial charge is 0.406 e. The maximum absolute atomic E-state index is 13.2. The summed E-state index contributed by atoms with van der Waals surface area (Å²) in [7, 11) is 0. The van der Waals surface area contributed by atoms with Crippen molar-refractivity contribution in [2.75, 3.05) is 13.1 Å². The number of carbonyl (C=O) groups excluding carboxylic acids is 1. The summed E-state index contributed by atoms with van der Waals surface area (Å²) in [6, 6.07) is 8.79. The Morgan fingerprint density at radius 3 is 2.36 bits per heavy atom. The zero-order valence-corrected chi connectivity index (χ0v) is 18.5. The molecule has 1 amide bonds. The molecule has 0 bridgehead atoms. The molecule has 0 fully saturated rings. The van der Waals surface area contributed by atoms with E-state index in [9.17, 15) is 18.0 Å². The van der Waals surface area contributed by atoms with E-state index in [1.54, 1.807) is 17.3 Å². The van der Waals surface area contributed by atoms with Crippen molar-refractivity contribution < 1.29 is 22.7 Å². The van der Waals surface area contributed by atoms with Crippen molar-refractivity contribution in [1.29, 1.82) is 0 Å². The highest BCUT2D eigenvalue weighted by Gasteiger charge is 2.31. The largest absolute Gasteiger partial charge is 0.573 e. The number of rotatable bonds is 9. The quantitative estimate of drug-likeness (QED) is 0.439. The lowest BCUT2D eigenvalue weighted by Crippen LogP contribution is -2.39. The molecule has 2 heterocycles. The van der Waals surface area contributed by atoms with Gasteiger partial charge in [0.05, 0.1) is 6.20 Å². The van der Waals surface area contributed by atoms with Crippen molar-refractivity contribution in [1.82, 2.24) is 24.9 Å². The number of benzene rings is 1. The second-order valence-electron chi connectivity index (χ2n) is 7.64. The molecule has 1 aromatic carbocycles. The van der Waals surface area contributed by atoms with Crippen LogP contribution in [0.25, 0.3) is 11.3 Å². The number of halogens is 3. The topological polar surface area (TPSA) is 73.1 Å². The van der Waals surface area contributed by atoms with Crippen molar-refractivity contribution in [3.63, 3.8) is 0 Å². The molecule has 2 aromatic heterocycles. The first kappa shape index (κ1) is 24.2. The maximum Gasteiger partial charge on any atom is 0.573 e. The zero-order chi connectivity index (χ0) is 23.8. The van der Waals surface area contributed by atoms with Crippen LogP contribution in [0.15, 0.2) is 55.0 Å². The summed E-state index contributed by atoms with van der Waals surface area (Å²) in [5.41, 5.74) is 1.97. The minimum Gasteiger partial charge on any atom is -0.406 e. The first-order valence-electron chi connectivity index (χ1n) is 10.8. The van der Waals surface area contributed by atoms with Crippen LogP contribution in [0.3, 0.4) is 0 Å². The fraction of sp³-hybridized carbons (Fsp3) is 0.391. The van der Waals surface area contributed by atoms with Gasteiger partial charge < -0.3 is 9.64 Å². The number of hydrogen-bond donors (Lipinski definition) is 0. The van der Waals surface area contributed by atoms with Gasteiger partial charge in [-0.15, -0.1) is 18.3 Å². The number of amides is 1. The molecule has 10 heteroatoms. The average molecular weight is 461 g/mol. The van der Waals surface area contributed by atoms with Crippen LogP contribution >= 0.6 is 0 Å². The summed E-state index contributed by atoms with van der Waals surface area (Å²) < 4.78 is 42.1. The SMILES string of the molecule is CCC(CC)CN(CCc1ccncc1)C(=O)n1cc(-c2ccc(OC(F)(F)F)cc2)nn1. The van der Waals surface area contributed by atoms with Crippen molar-refractivity contribution >= 4 is 6.03 Å². The van der Waals surface area contributed by atoms with Gasteiger partial charge in [0.1, 0.15) is 11.4 Å². The van der Waals surface area contributed by atoms with E-state index in [0.717, 1.165) is 18.4 Å². The Morgan fingerprint density at radius 1 is 1.09 bits per heavy atom. The van der Waals surface area contributed by atoms with Crippen LogP contribution in [0.2, 0.25) is 0 Å². The predicted molar refractivity (Wildman–Crippen MR) is 117 cm³/mol. The summed E-state index contributed by atoms with van der Waals surface area (Å²) >= 11 is 0. The van der Waals surface area contributed by atoms with Gasteiger partial charge in [0, 0.05) is 31.0 Å². The van der Waals surface area contributed by atoms with E-state index in [1.807, 2.05) is 12.1 Å². The maximum atomic E-state index is 13.2. The molecule has 0 aliphatic rings. The van der Waals surface area contributed by atoms with Gasteiger partial charge in [-0.1, -0.05) is 31.9 Å². The summed E-state index contributed by atoms with van der Waals surface area (Å²) in [6.07, 6.45) is 2.74. The highest BCUT2D eigenvalue weighted by molar-refractivity contribution is 5.77. The number of aromatic nitrogens is 4. The molecular weight excluding hydrogens is 435 g/mol. The lowest BCUT2D eigenvalue weighted by molar-refractivity contribution is -0.274. The molecule has 176 valence electrons. The average Bonchev–Trinajstić information content (AvgIpc) is 3.29. The Labute approximate surface area is 190 Å². The second kappa shape index (κ2) is 10.9. The lowest BCUT2D eigenvalue weighted by Gasteiger charge is -2.26. The van der Waals surface area contributed by atoms with E-state index in [2.05, 4.69) is 33.9 Å². The molecule has 7 nitrogen and oxygen atoms in total.